The summed E-state index contributed by atoms with van der Waals surface area (Å²) in [5, 5.41) is 7.44. The Balaban J connectivity index is 1.60. The third kappa shape index (κ3) is 1.91. The number of hydrogen-bond acceptors (Lipinski definition) is 5. The predicted octanol–water partition coefficient (Wildman–Crippen LogP) is 2.33. The molecular formula is C14H15FN4O. The highest BCUT2D eigenvalue weighted by molar-refractivity contribution is 5.47. The summed E-state index contributed by atoms with van der Waals surface area (Å²) in [6.45, 7) is 1.03. The first-order valence-electron chi connectivity index (χ1n) is 7.00. The average molecular weight is 274 g/mol. The Hall–Kier alpha value is -1.82. The summed E-state index contributed by atoms with van der Waals surface area (Å²) in [5.41, 5.74) is 0.530. The lowest BCUT2D eigenvalue weighted by molar-refractivity contribution is 0.302. The summed E-state index contributed by atoms with van der Waals surface area (Å²) in [5.74, 6) is 2.01. The van der Waals surface area contributed by atoms with Gasteiger partial charge < -0.3 is 9.84 Å². The zero-order valence-electron chi connectivity index (χ0n) is 10.9. The number of hydrogen-bond donors (Lipinski definition) is 1. The van der Waals surface area contributed by atoms with Gasteiger partial charge in [0.25, 0.3) is 0 Å². The Morgan fingerprint density at radius 2 is 2.25 bits per heavy atom. The Kier molecular flexibility index (Phi) is 2.77. The fraction of sp³-hybridized carbons (Fsp3) is 0.500. The molecule has 0 amide bonds. The highest BCUT2D eigenvalue weighted by Gasteiger charge is 2.42. The first-order valence-corrected chi connectivity index (χ1v) is 7.00. The van der Waals surface area contributed by atoms with Crippen molar-refractivity contribution in [3.8, 4) is 11.5 Å². The molecule has 6 heteroatoms. The van der Waals surface area contributed by atoms with E-state index in [4.69, 9.17) is 4.52 Å². The van der Waals surface area contributed by atoms with Gasteiger partial charge in [-0.1, -0.05) is 11.6 Å². The Labute approximate surface area is 115 Å². The van der Waals surface area contributed by atoms with E-state index in [1.54, 1.807) is 6.07 Å². The normalized spacial score (nSPS) is 28.8. The number of halogens is 1. The predicted molar refractivity (Wildman–Crippen MR) is 69.1 cm³/mol. The molecule has 2 aromatic rings. The van der Waals surface area contributed by atoms with E-state index < -0.39 is 0 Å². The van der Waals surface area contributed by atoms with Crippen molar-refractivity contribution in [1.82, 2.24) is 20.4 Å². The maximum absolute atomic E-state index is 12.9. The summed E-state index contributed by atoms with van der Waals surface area (Å²) in [6.07, 6.45) is 4.95. The third-order valence-corrected chi connectivity index (χ3v) is 4.41. The third-order valence-electron chi connectivity index (χ3n) is 4.41. The van der Waals surface area contributed by atoms with Gasteiger partial charge in [0.05, 0.1) is 12.2 Å². The molecule has 1 N–H and O–H groups in total. The van der Waals surface area contributed by atoms with E-state index in [9.17, 15) is 4.39 Å². The maximum atomic E-state index is 12.9. The van der Waals surface area contributed by atoms with Crippen LogP contribution < -0.4 is 5.32 Å². The minimum Gasteiger partial charge on any atom is -0.337 e. The fourth-order valence-electron chi connectivity index (χ4n) is 3.43. The van der Waals surface area contributed by atoms with Crippen molar-refractivity contribution in [3.05, 3.63) is 30.0 Å². The topological polar surface area (TPSA) is 63.8 Å². The van der Waals surface area contributed by atoms with Crippen LogP contribution in [0.25, 0.3) is 11.5 Å². The van der Waals surface area contributed by atoms with E-state index in [2.05, 4.69) is 20.4 Å². The molecule has 20 heavy (non-hydrogen) atoms. The van der Waals surface area contributed by atoms with Crippen LogP contribution in [0.15, 0.2) is 22.9 Å². The van der Waals surface area contributed by atoms with E-state index in [-0.39, 0.29) is 11.9 Å². The largest absolute Gasteiger partial charge is 0.337 e. The van der Waals surface area contributed by atoms with Crippen molar-refractivity contribution >= 4 is 0 Å². The first kappa shape index (κ1) is 12.0. The number of aromatic nitrogens is 3. The number of pyridine rings is 1. The van der Waals surface area contributed by atoms with Crippen molar-refractivity contribution in [2.75, 3.05) is 6.54 Å². The van der Waals surface area contributed by atoms with Crippen molar-refractivity contribution in [2.24, 2.45) is 11.8 Å². The molecule has 4 rings (SSSR count). The van der Waals surface area contributed by atoms with Crippen LogP contribution in [0.1, 0.15) is 31.2 Å². The van der Waals surface area contributed by atoms with Crippen LogP contribution in [0, 0.1) is 17.7 Å². The molecule has 104 valence electrons. The molecule has 2 aromatic heterocycles. The second-order valence-electron chi connectivity index (χ2n) is 5.56. The van der Waals surface area contributed by atoms with Gasteiger partial charge >= 0.3 is 0 Å². The molecule has 2 fully saturated rings. The summed E-state index contributed by atoms with van der Waals surface area (Å²) in [4.78, 5) is 8.40. The van der Waals surface area contributed by atoms with Crippen LogP contribution in [0.4, 0.5) is 4.39 Å². The smallest absolute Gasteiger partial charge is 0.244 e. The standard InChI is InChI=1S/C14H15FN4O/c15-9-4-5-11(16-7-9)13-18-14(20-19-13)12-10-3-1-2-8(10)6-17-12/h4-5,7-8,10,12,17H,1-3,6H2. The van der Waals surface area contributed by atoms with E-state index in [0.717, 1.165) is 18.7 Å². The van der Waals surface area contributed by atoms with Gasteiger partial charge in [-0.05, 0) is 43.4 Å². The minimum atomic E-state index is -0.372. The van der Waals surface area contributed by atoms with Crippen molar-refractivity contribution in [2.45, 2.75) is 25.3 Å². The van der Waals surface area contributed by atoms with Gasteiger partial charge in [0.2, 0.25) is 11.7 Å². The molecular weight excluding hydrogens is 259 g/mol. The molecule has 0 aromatic carbocycles. The van der Waals surface area contributed by atoms with Crippen molar-refractivity contribution in [3.63, 3.8) is 0 Å². The minimum absolute atomic E-state index is 0.157. The molecule has 0 spiro atoms. The lowest BCUT2D eigenvalue weighted by atomic mass is 9.94. The van der Waals surface area contributed by atoms with E-state index in [0.29, 0.717) is 23.3 Å². The van der Waals surface area contributed by atoms with Gasteiger partial charge in [-0.2, -0.15) is 4.98 Å². The molecule has 1 saturated carbocycles. The van der Waals surface area contributed by atoms with Gasteiger partial charge in [-0.25, -0.2) is 9.37 Å². The van der Waals surface area contributed by atoms with Crippen LogP contribution in [-0.4, -0.2) is 21.7 Å². The highest BCUT2D eigenvalue weighted by atomic mass is 19.1. The molecule has 2 aliphatic rings. The Morgan fingerprint density at radius 1 is 1.30 bits per heavy atom. The Bertz CT molecular complexity index is 612. The molecule has 1 aliphatic carbocycles. The van der Waals surface area contributed by atoms with E-state index in [1.807, 2.05) is 0 Å². The van der Waals surface area contributed by atoms with E-state index >= 15 is 0 Å². The summed E-state index contributed by atoms with van der Waals surface area (Å²) >= 11 is 0. The second-order valence-corrected chi connectivity index (χ2v) is 5.56. The number of nitrogens with one attached hydrogen (secondary N) is 1. The fourth-order valence-corrected chi connectivity index (χ4v) is 3.43. The molecule has 3 heterocycles. The van der Waals surface area contributed by atoms with Gasteiger partial charge in [0.15, 0.2) is 0 Å². The van der Waals surface area contributed by atoms with Crippen LogP contribution in [0.2, 0.25) is 0 Å². The van der Waals surface area contributed by atoms with Crippen LogP contribution in [0.3, 0.4) is 0 Å². The van der Waals surface area contributed by atoms with Crippen LogP contribution in [-0.2, 0) is 0 Å². The quantitative estimate of drug-likeness (QED) is 0.910. The summed E-state index contributed by atoms with van der Waals surface area (Å²) in [7, 11) is 0. The number of nitrogens with zero attached hydrogens (tertiary/aromatic N) is 3. The molecule has 1 saturated heterocycles. The van der Waals surface area contributed by atoms with Crippen molar-refractivity contribution in [1.29, 1.82) is 0 Å². The SMILES string of the molecule is Fc1ccc(-c2noc(C3NCC4CCCC43)n2)nc1. The molecule has 1 aliphatic heterocycles. The molecule has 0 bridgehead atoms. The zero-order valence-corrected chi connectivity index (χ0v) is 10.9. The lowest BCUT2D eigenvalue weighted by Crippen LogP contribution is -2.18. The number of fused-ring (bicyclic) bond motifs is 1. The lowest BCUT2D eigenvalue weighted by Gasteiger charge is -2.13. The van der Waals surface area contributed by atoms with E-state index in [1.165, 1.54) is 25.3 Å². The van der Waals surface area contributed by atoms with Gasteiger partial charge in [-0.3, -0.25) is 0 Å². The first-order chi connectivity index (χ1) is 9.81. The maximum Gasteiger partial charge on any atom is 0.244 e. The van der Waals surface area contributed by atoms with Gasteiger partial charge in [0.1, 0.15) is 11.5 Å². The molecule has 3 atom stereocenters. The summed E-state index contributed by atoms with van der Waals surface area (Å²) < 4.78 is 18.2. The zero-order chi connectivity index (χ0) is 13.5. The molecule has 5 nitrogen and oxygen atoms in total. The summed E-state index contributed by atoms with van der Waals surface area (Å²) in [6, 6.07) is 3.06. The van der Waals surface area contributed by atoms with Gasteiger partial charge in [-0.15, -0.1) is 0 Å². The molecule has 0 radical (unpaired) electrons. The van der Waals surface area contributed by atoms with Crippen LogP contribution >= 0.6 is 0 Å². The Morgan fingerprint density at radius 3 is 3.10 bits per heavy atom. The second kappa shape index (κ2) is 4.63. The number of rotatable bonds is 2. The van der Waals surface area contributed by atoms with Crippen LogP contribution in [0.5, 0.6) is 0 Å². The highest BCUT2D eigenvalue weighted by Crippen LogP contribution is 2.43. The molecule has 3 unspecified atom stereocenters. The monoisotopic (exact) mass is 274 g/mol. The van der Waals surface area contributed by atoms with Gasteiger partial charge in [0, 0.05) is 0 Å². The van der Waals surface area contributed by atoms with Crippen molar-refractivity contribution < 1.29 is 8.91 Å². The average Bonchev–Trinajstić information content (AvgIpc) is 3.15.